The van der Waals surface area contributed by atoms with E-state index in [0.29, 0.717) is 12.8 Å². The van der Waals surface area contributed by atoms with E-state index < -0.39 is 124 Å². The van der Waals surface area contributed by atoms with E-state index in [1.54, 1.807) is 0 Å². The Labute approximate surface area is 506 Å². The average Bonchev–Trinajstić information content (AvgIpc) is 2.98. The van der Waals surface area contributed by atoms with Crippen LogP contribution in [0.2, 0.25) is 0 Å². The van der Waals surface area contributed by atoms with Crippen molar-refractivity contribution in [2.75, 3.05) is 26.4 Å². The van der Waals surface area contributed by atoms with Crippen molar-refractivity contribution in [2.45, 2.75) is 381 Å². The van der Waals surface area contributed by atoms with Gasteiger partial charge in [0.1, 0.15) is 73.2 Å². The van der Waals surface area contributed by atoms with Gasteiger partial charge in [-0.2, -0.15) is 0 Å². The van der Waals surface area contributed by atoms with Crippen LogP contribution in [-0.2, 0) is 33.2 Å². The van der Waals surface area contributed by atoms with Crippen LogP contribution < -0.4 is 5.32 Å². The summed E-state index contributed by atoms with van der Waals surface area (Å²) in [6.07, 6.45) is 23.5. The minimum atomic E-state index is -1.97. The maximum atomic E-state index is 13.4. The third-order valence-corrected chi connectivity index (χ3v) is 17.7. The lowest BCUT2D eigenvalue weighted by Gasteiger charge is -2.48. The normalized spacial score (nSPS) is 29.1. The predicted octanol–water partition coefficient (Wildman–Crippen LogP) is 8.33. The zero-order chi connectivity index (χ0) is 61.2. The van der Waals surface area contributed by atoms with Crippen molar-refractivity contribution in [1.82, 2.24) is 5.32 Å². The first-order valence-corrected chi connectivity index (χ1v) is 34.3. The van der Waals surface area contributed by atoms with Crippen LogP contribution in [0.4, 0.5) is 0 Å². The predicted molar refractivity (Wildman–Crippen MR) is 324 cm³/mol. The number of rotatable bonds is 53. The van der Waals surface area contributed by atoms with E-state index in [9.17, 15) is 61.0 Å². The highest BCUT2D eigenvalue weighted by atomic mass is 16.8. The summed E-state index contributed by atoms with van der Waals surface area (Å²) < 4.78 is 34.4. The summed E-state index contributed by atoms with van der Waals surface area (Å²) in [7, 11) is 0. The summed E-state index contributed by atoms with van der Waals surface area (Å²) in [6, 6.07) is -0.880. The van der Waals surface area contributed by atoms with Gasteiger partial charge in [-0.3, -0.25) is 4.79 Å². The van der Waals surface area contributed by atoms with E-state index in [1.807, 2.05) is 0 Å². The van der Waals surface area contributed by atoms with E-state index in [-0.39, 0.29) is 18.9 Å². The molecule has 3 aliphatic heterocycles. The third kappa shape index (κ3) is 31.0. The van der Waals surface area contributed by atoms with Gasteiger partial charge in [-0.05, 0) is 12.8 Å². The Kier molecular flexibility index (Phi) is 44.6. The molecule has 0 bridgehead atoms. The van der Waals surface area contributed by atoms with E-state index >= 15 is 0 Å². The van der Waals surface area contributed by atoms with Crippen LogP contribution in [0.1, 0.15) is 277 Å². The second kappa shape index (κ2) is 48.6. The fourth-order valence-corrected chi connectivity index (χ4v) is 12.1. The molecule has 0 saturated carbocycles. The number of ether oxygens (including phenoxy) is 6. The van der Waals surface area contributed by atoms with E-state index in [2.05, 4.69) is 19.2 Å². The molecular formula is C65H125NO18. The van der Waals surface area contributed by atoms with E-state index in [0.717, 1.165) is 44.9 Å². The van der Waals surface area contributed by atoms with Gasteiger partial charge in [0.05, 0.1) is 38.6 Å². The molecule has 0 aliphatic carbocycles. The summed E-state index contributed by atoms with van der Waals surface area (Å²) in [4.78, 5) is 13.4. The molecule has 0 aromatic rings. The van der Waals surface area contributed by atoms with Gasteiger partial charge in [0, 0.05) is 6.42 Å². The van der Waals surface area contributed by atoms with Crippen molar-refractivity contribution >= 4 is 5.91 Å². The quantitative estimate of drug-likeness (QED) is 0.0255. The molecular weight excluding hydrogens is 1080 g/mol. The second-order valence-corrected chi connectivity index (χ2v) is 25.0. The summed E-state index contributed by atoms with van der Waals surface area (Å²) >= 11 is 0. The zero-order valence-corrected chi connectivity index (χ0v) is 52.4. The molecule has 0 radical (unpaired) electrons. The van der Waals surface area contributed by atoms with Gasteiger partial charge in [-0.1, -0.05) is 258 Å². The molecule has 17 unspecified atom stereocenters. The molecule has 19 heteroatoms. The summed E-state index contributed by atoms with van der Waals surface area (Å²) in [5, 5.41) is 120. The Morgan fingerprint density at radius 2 is 0.679 bits per heavy atom. The Bertz CT molecular complexity index is 1540. The number of aliphatic hydroxyl groups is 11. The molecule has 3 fully saturated rings. The highest BCUT2D eigenvalue weighted by Crippen LogP contribution is 2.33. The molecule has 0 spiro atoms. The summed E-state index contributed by atoms with van der Waals surface area (Å²) in [6.45, 7) is 1.82. The van der Waals surface area contributed by atoms with Crippen LogP contribution in [0.5, 0.6) is 0 Å². The first-order chi connectivity index (χ1) is 40.8. The molecule has 3 aliphatic rings. The average molecular weight is 1210 g/mol. The Morgan fingerprint density at radius 1 is 0.381 bits per heavy atom. The van der Waals surface area contributed by atoms with Crippen LogP contribution in [0.15, 0.2) is 0 Å². The third-order valence-electron chi connectivity index (χ3n) is 17.7. The minimum Gasteiger partial charge on any atom is -0.394 e. The van der Waals surface area contributed by atoms with Crippen LogP contribution in [0.3, 0.4) is 0 Å². The first-order valence-electron chi connectivity index (χ1n) is 34.3. The fourth-order valence-electron chi connectivity index (χ4n) is 12.1. The van der Waals surface area contributed by atoms with Crippen LogP contribution in [0.25, 0.3) is 0 Å². The van der Waals surface area contributed by atoms with Gasteiger partial charge in [0.15, 0.2) is 18.9 Å². The van der Waals surface area contributed by atoms with E-state index in [1.165, 1.54) is 199 Å². The SMILES string of the molecule is CCCCCCCCCCCCCCCCCCCCCCCCCCCCCC(=O)NC(COC1OC(CO)C(OC2OC(CO)C(OC3OC(CO)C(O)C(O)C3O)C(O)C2O)C(O)C1O)C(O)CCCCCCCCCCCCCC. The van der Waals surface area contributed by atoms with Crippen LogP contribution in [0, 0.1) is 0 Å². The standard InChI is InChI=1S/C65H125NO18/c1-3-5-7-9-11-13-15-17-18-19-20-21-22-23-24-25-26-27-28-29-30-31-33-35-37-39-41-43-53(71)66-48(49(70)42-40-38-36-34-32-16-14-12-10-8-6-4-2)47-79-63-59(77)56(74)61(51(45-68)81-63)84-65-60(78)57(75)62(52(46-69)82-65)83-64-58(76)55(73)54(72)50(44-67)80-64/h48-52,54-65,67-70,72-78H,3-47H2,1-2H3,(H,66,71). The number of hydrogen-bond acceptors (Lipinski definition) is 18. The van der Waals surface area contributed by atoms with Gasteiger partial charge >= 0.3 is 0 Å². The van der Waals surface area contributed by atoms with Crippen molar-refractivity contribution in [3.05, 3.63) is 0 Å². The van der Waals surface area contributed by atoms with E-state index in [4.69, 9.17) is 28.4 Å². The molecule has 19 nitrogen and oxygen atoms in total. The van der Waals surface area contributed by atoms with Gasteiger partial charge in [-0.15, -0.1) is 0 Å². The zero-order valence-electron chi connectivity index (χ0n) is 52.4. The maximum absolute atomic E-state index is 13.4. The number of amides is 1. The molecule has 3 rings (SSSR count). The minimum absolute atomic E-state index is 0.237. The fraction of sp³-hybridized carbons (Fsp3) is 0.985. The van der Waals surface area contributed by atoms with Crippen LogP contribution in [-0.4, -0.2) is 193 Å². The Balaban J connectivity index is 1.38. The molecule has 84 heavy (non-hydrogen) atoms. The smallest absolute Gasteiger partial charge is 0.220 e. The van der Waals surface area contributed by atoms with Crippen molar-refractivity contribution in [2.24, 2.45) is 0 Å². The lowest BCUT2D eigenvalue weighted by Crippen LogP contribution is -2.66. The highest BCUT2D eigenvalue weighted by molar-refractivity contribution is 5.76. The van der Waals surface area contributed by atoms with Gasteiger partial charge < -0.3 is 89.9 Å². The highest BCUT2D eigenvalue weighted by Gasteiger charge is 2.53. The van der Waals surface area contributed by atoms with Crippen molar-refractivity contribution in [3.63, 3.8) is 0 Å². The first kappa shape index (κ1) is 77.0. The van der Waals surface area contributed by atoms with Gasteiger partial charge in [-0.25, -0.2) is 0 Å². The number of hydrogen-bond donors (Lipinski definition) is 12. The second-order valence-electron chi connectivity index (χ2n) is 25.0. The van der Waals surface area contributed by atoms with Gasteiger partial charge in [0.25, 0.3) is 0 Å². The van der Waals surface area contributed by atoms with Gasteiger partial charge in [0.2, 0.25) is 5.91 Å². The maximum Gasteiger partial charge on any atom is 0.220 e. The molecule has 1 amide bonds. The molecule has 3 saturated heterocycles. The number of unbranched alkanes of at least 4 members (excludes halogenated alkanes) is 37. The van der Waals surface area contributed by atoms with Crippen molar-refractivity contribution < 1.29 is 89.4 Å². The molecule has 17 atom stereocenters. The largest absolute Gasteiger partial charge is 0.394 e. The summed E-state index contributed by atoms with van der Waals surface area (Å²) in [5.41, 5.74) is 0. The lowest BCUT2D eigenvalue weighted by atomic mass is 9.96. The van der Waals surface area contributed by atoms with Crippen molar-refractivity contribution in [1.29, 1.82) is 0 Å². The monoisotopic (exact) mass is 1210 g/mol. The Hall–Kier alpha value is -1.21. The molecule has 498 valence electrons. The molecule has 0 aromatic heterocycles. The lowest BCUT2D eigenvalue weighted by molar-refractivity contribution is -0.379. The molecule has 3 heterocycles. The number of carbonyl (C=O) groups is 1. The number of aliphatic hydroxyl groups excluding tert-OH is 11. The topological polar surface area (TPSA) is 307 Å². The van der Waals surface area contributed by atoms with Crippen LogP contribution >= 0.6 is 0 Å². The molecule has 12 N–H and O–H groups in total. The Morgan fingerprint density at radius 3 is 1.04 bits per heavy atom. The number of carbonyl (C=O) groups excluding carboxylic acids is 1. The number of nitrogens with one attached hydrogen (secondary N) is 1. The van der Waals surface area contributed by atoms with Crippen molar-refractivity contribution in [3.8, 4) is 0 Å². The summed E-state index contributed by atoms with van der Waals surface area (Å²) in [5.74, 6) is -0.237. The molecule has 0 aromatic carbocycles.